The average Bonchev–Trinajstić information content (AvgIpc) is 2.63. The van der Waals surface area contributed by atoms with Crippen molar-refractivity contribution in [3.05, 3.63) is 65.7 Å². The number of piperazine rings is 1. The van der Waals surface area contributed by atoms with Crippen LogP contribution in [0.5, 0.6) is 0 Å². The van der Waals surface area contributed by atoms with Gasteiger partial charge in [-0.25, -0.2) is 4.39 Å². The number of carbonyl (C=O) groups is 1. The Bertz CT molecular complexity index is 720. The van der Waals surface area contributed by atoms with E-state index in [9.17, 15) is 9.18 Å². The van der Waals surface area contributed by atoms with Gasteiger partial charge in [0, 0.05) is 55.7 Å². The summed E-state index contributed by atoms with van der Waals surface area (Å²) >= 11 is 0. The molecule has 2 heterocycles. The van der Waals surface area contributed by atoms with Gasteiger partial charge in [-0.1, -0.05) is 32.0 Å². The molecule has 1 saturated heterocycles. The van der Waals surface area contributed by atoms with Crippen molar-refractivity contribution in [2.45, 2.75) is 26.4 Å². The number of rotatable bonds is 4. The first kappa shape index (κ1) is 17.5. The molecule has 1 amide bonds. The number of benzene rings is 1. The SMILES string of the molecule is CC(C)[C@H]1CN(Cc2ccccc2F)CCN1C(=O)c1ccncc1. The Morgan fingerprint density at radius 1 is 1.20 bits per heavy atom. The summed E-state index contributed by atoms with van der Waals surface area (Å²) in [5.74, 6) is 0.208. The molecule has 1 aromatic heterocycles. The van der Waals surface area contributed by atoms with E-state index in [0.29, 0.717) is 30.1 Å². The zero-order valence-corrected chi connectivity index (χ0v) is 14.7. The second-order valence-corrected chi connectivity index (χ2v) is 6.87. The molecule has 0 radical (unpaired) electrons. The van der Waals surface area contributed by atoms with Crippen LogP contribution >= 0.6 is 0 Å². The molecule has 1 aliphatic rings. The molecule has 1 aliphatic heterocycles. The van der Waals surface area contributed by atoms with Crippen molar-refractivity contribution in [2.75, 3.05) is 19.6 Å². The predicted molar refractivity (Wildman–Crippen MR) is 95.6 cm³/mol. The molecule has 132 valence electrons. The maximum atomic E-state index is 13.9. The van der Waals surface area contributed by atoms with Crippen LogP contribution in [-0.4, -0.2) is 46.4 Å². The number of aromatic nitrogens is 1. The van der Waals surface area contributed by atoms with Crippen LogP contribution in [0.25, 0.3) is 0 Å². The van der Waals surface area contributed by atoms with E-state index in [2.05, 4.69) is 23.7 Å². The van der Waals surface area contributed by atoms with E-state index in [-0.39, 0.29) is 17.8 Å². The fourth-order valence-corrected chi connectivity index (χ4v) is 3.36. The number of hydrogen-bond donors (Lipinski definition) is 0. The summed E-state index contributed by atoms with van der Waals surface area (Å²) in [6, 6.07) is 10.5. The van der Waals surface area contributed by atoms with E-state index >= 15 is 0 Å². The lowest BCUT2D eigenvalue weighted by molar-refractivity contribution is 0.0326. The first-order chi connectivity index (χ1) is 12.1. The highest BCUT2D eigenvalue weighted by Gasteiger charge is 2.33. The number of amides is 1. The predicted octanol–water partition coefficient (Wildman–Crippen LogP) is 3.20. The molecular weight excluding hydrogens is 317 g/mol. The molecule has 0 spiro atoms. The number of pyridine rings is 1. The lowest BCUT2D eigenvalue weighted by atomic mass is 9.98. The summed E-state index contributed by atoms with van der Waals surface area (Å²) in [4.78, 5) is 21.0. The molecule has 0 N–H and O–H groups in total. The van der Waals surface area contributed by atoms with Gasteiger partial charge >= 0.3 is 0 Å². The normalized spacial score (nSPS) is 18.6. The van der Waals surface area contributed by atoms with Crippen molar-refractivity contribution >= 4 is 5.91 Å². The van der Waals surface area contributed by atoms with Gasteiger partial charge in [0.05, 0.1) is 0 Å². The standard InChI is InChI=1S/C20H24FN3O/c1-15(2)19-14-23(13-17-5-3-4-6-18(17)21)11-12-24(19)20(25)16-7-9-22-10-8-16/h3-10,15,19H,11-14H2,1-2H3/t19-/m1/s1. The smallest absolute Gasteiger partial charge is 0.254 e. The molecule has 5 heteroatoms. The van der Waals surface area contributed by atoms with Gasteiger partial charge in [0.2, 0.25) is 0 Å². The van der Waals surface area contributed by atoms with E-state index in [1.165, 1.54) is 6.07 Å². The van der Waals surface area contributed by atoms with Crippen molar-refractivity contribution in [3.63, 3.8) is 0 Å². The fourth-order valence-electron chi connectivity index (χ4n) is 3.36. The van der Waals surface area contributed by atoms with E-state index < -0.39 is 0 Å². The second-order valence-electron chi connectivity index (χ2n) is 6.87. The summed E-state index contributed by atoms with van der Waals surface area (Å²) in [6.07, 6.45) is 3.29. The molecular formula is C20H24FN3O. The second kappa shape index (κ2) is 7.74. The van der Waals surface area contributed by atoms with E-state index in [1.807, 2.05) is 17.0 Å². The Morgan fingerprint density at radius 2 is 1.92 bits per heavy atom. The molecule has 0 bridgehead atoms. The molecule has 1 atom stereocenters. The van der Waals surface area contributed by atoms with Crippen LogP contribution < -0.4 is 0 Å². The van der Waals surface area contributed by atoms with Gasteiger partial charge in [-0.15, -0.1) is 0 Å². The molecule has 0 aliphatic carbocycles. The number of nitrogens with zero attached hydrogens (tertiary/aromatic N) is 3. The molecule has 2 aromatic rings. The van der Waals surface area contributed by atoms with Crippen molar-refractivity contribution in [1.82, 2.24) is 14.8 Å². The molecule has 1 aromatic carbocycles. The van der Waals surface area contributed by atoms with E-state index in [1.54, 1.807) is 30.6 Å². The van der Waals surface area contributed by atoms with Crippen LogP contribution in [0.4, 0.5) is 4.39 Å². The van der Waals surface area contributed by atoms with Crippen LogP contribution in [-0.2, 0) is 6.54 Å². The van der Waals surface area contributed by atoms with Crippen LogP contribution in [0.1, 0.15) is 29.8 Å². The Balaban J connectivity index is 1.73. The maximum Gasteiger partial charge on any atom is 0.254 e. The zero-order valence-electron chi connectivity index (χ0n) is 14.7. The third kappa shape index (κ3) is 4.04. The highest BCUT2D eigenvalue weighted by Crippen LogP contribution is 2.22. The molecule has 25 heavy (non-hydrogen) atoms. The minimum atomic E-state index is -0.168. The summed E-state index contributed by atoms with van der Waals surface area (Å²) in [5.41, 5.74) is 1.38. The zero-order chi connectivity index (χ0) is 17.8. The van der Waals surface area contributed by atoms with Gasteiger partial charge < -0.3 is 4.90 Å². The largest absolute Gasteiger partial charge is 0.333 e. The quantitative estimate of drug-likeness (QED) is 0.857. The van der Waals surface area contributed by atoms with Crippen LogP contribution in [0.2, 0.25) is 0 Å². The Kier molecular flexibility index (Phi) is 5.43. The van der Waals surface area contributed by atoms with Gasteiger partial charge in [0.15, 0.2) is 0 Å². The summed E-state index contributed by atoms with van der Waals surface area (Å²) in [5, 5.41) is 0. The topological polar surface area (TPSA) is 36.4 Å². The van der Waals surface area contributed by atoms with Gasteiger partial charge in [0.25, 0.3) is 5.91 Å². The van der Waals surface area contributed by atoms with Crippen molar-refractivity contribution in [2.24, 2.45) is 5.92 Å². The van der Waals surface area contributed by atoms with Gasteiger partial charge in [-0.05, 0) is 24.1 Å². The Hall–Kier alpha value is -2.27. The number of carbonyl (C=O) groups excluding carboxylic acids is 1. The average molecular weight is 341 g/mol. The molecule has 3 rings (SSSR count). The highest BCUT2D eigenvalue weighted by molar-refractivity contribution is 5.94. The first-order valence-corrected chi connectivity index (χ1v) is 8.73. The van der Waals surface area contributed by atoms with Crippen LogP contribution in [0.15, 0.2) is 48.8 Å². The van der Waals surface area contributed by atoms with Gasteiger partial charge in [-0.3, -0.25) is 14.7 Å². The minimum Gasteiger partial charge on any atom is -0.333 e. The number of halogens is 1. The van der Waals surface area contributed by atoms with Crippen molar-refractivity contribution in [3.8, 4) is 0 Å². The fraction of sp³-hybridized carbons (Fsp3) is 0.400. The van der Waals surface area contributed by atoms with Crippen molar-refractivity contribution < 1.29 is 9.18 Å². The van der Waals surface area contributed by atoms with Crippen LogP contribution in [0, 0.1) is 11.7 Å². The monoisotopic (exact) mass is 341 g/mol. The minimum absolute atomic E-state index is 0.0478. The van der Waals surface area contributed by atoms with E-state index in [0.717, 1.165) is 13.1 Å². The summed E-state index contributed by atoms with van der Waals surface area (Å²) in [6.45, 7) is 6.98. The summed E-state index contributed by atoms with van der Waals surface area (Å²) < 4.78 is 13.9. The molecule has 0 unspecified atom stereocenters. The van der Waals surface area contributed by atoms with E-state index in [4.69, 9.17) is 0 Å². The Morgan fingerprint density at radius 3 is 2.60 bits per heavy atom. The third-order valence-corrected chi connectivity index (χ3v) is 4.81. The highest BCUT2D eigenvalue weighted by atomic mass is 19.1. The first-order valence-electron chi connectivity index (χ1n) is 8.73. The molecule has 1 fully saturated rings. The summed E-state index contributed by atoms with van der Waals surface area (Å²) in [7, 11) is 0. The molecule has 0 saturated carbocycles. The third-order valence-electron chi connectivity index (χ3n) is 4.81. The lowest BCUT2D eigenvalue weighted by Gasteiger charge is -2.43. The van der Waals surface area contributed by atoms with Crippen LogP contribution in [0.3, 0.4) is 0 Å². The molecule has 4 nitrogen and oxygen atoms in total. The van der Waals surface area contributed by atoms with Gasteiger partial charge in [-0.2, -0.15) is 0 Å². The lowest BCUT2D eigenvalue weighted by Crippen LogP contribution is -2.56. The maximum absolute atomic E-state index is 13.9. The Labute approximate surface area is 148 Å². The number of hydrogen-bond acceptors (Lipinski definition) is 3. The van der Waals surface area contributed by atoms with Crippen molar-refractivity contribution in [1.29, 1.82) is 0 Å². The van der Waals surface area contributed by atoms with Gasteiger partial charge in [0.1, 0.15) is 5.82 Å².